The van der Waals surface area contributed by atoms with Gasteiger partial charge in [-0.05, 0) is 12.5 Å². The van der Waals surface area contributed by atoms with Crippen LogP contribution in [0.2, 0.25) is 0 Å². The van der Waals surface area contributed by atoms with Gasteiger partial charge in [0.2, 0.25) is 0 Å². The van der Waals surface area contributed by atoms with Crippen LogP contribution in [0.4, 0.5) is 0 Å². The topological polar surface area (TPSA) is 138 Å². The number of carboxylic acid groups (broad SMARTS) is 1. The monoisotopic (exact) mass is 250 g/mol. The second kappa shape index (κ2) is 7.23. The molecular weight excluding hydrogens is 232 g/mol. The molecule has 0 aromatic heterocycles. The van der Waals surface area contributed by atoms with Crippen LogP contribution in [-0.4, -0.2) is 61.0 Å². The summed E-state index contributed by atoms with van der Waals surface area (Å²) in [6, 6.07) is 0. The Morgan fingerprint density at radius 3 is 1.94 bits per heavy atom. The summed E-state index contributed by atoms with van der Waals surface area (Å²) in [5.41, 5.74) is 0. The Labute approximate surface area is 98.3 Å². The number of aliphatic hydroxyl groups is 5. The van der Waals surface area contributed by atoms with E-state index in [0.29, 0.717) is 12.8 Å². The maximum absolute atomic E-state index is 10.3. The van der Waals surface area contributed by atoms with Crippen molar-refractivity contribution in [2.45, 2.75) is 44.2 Å². The van der Waals surface area contributed by atoms with Crippen LogP contribution in [0, 0.1) is 0 Å². The maximum Gasteiger partial charge on any atom is 0.335 e. The van der Waals surface area contributed by atoms with E-state index in [9.17, 15) is 25.2 Å². The lowest BCUT2D eigenvalue weighted by molar-refractivity contribution is -0.162. The van der Waals surface area contributed by atoms with Gasteiger partial charge in [0, 0.05) is 0 Å². The molecule has 0 aromatic carbocycles. The first-order chi connectivity index (χ1) is 7.82. The van der Waals surface area contributed by atoms with E-state index < -0.39 is 36.1 Å². The van der Waals surface area contributed by atoms with Gasteiger partial charge in [0.1, 0.15) is 24.1 Å². The SMILES string of the molecule is CCCC=C(O)[C@@H](O)[C@H](O)[C@H](O)[C@H](O)C(=O)O. The minimum Gasteiger partial charge on any atom is -0.510 e. The second-order valence-electron chi connectivity index (χ2n) is 3.63. The number of unbranched alkanes of at least 4 members (excludes halogenated alkanes) is 1. The van der Waals surface area contributed by atoms with Crippen molar-refractivity contribution < 1.29 is 35.4 Å². The molecule has 0 amide bonds. The third-order valence-corrected chi connectivity index (χ3v) is 2.20. The van der Waals surface area contributed by atoms with E-state index in [1.54, 1.807) is 0 Å². The van der Waals surface area contributed by atoms with Crippen molar-refractivity contribution in [2.75, 3.05) is 0 Å². The third-order valence-electron chi connectivity index (χ3n) is 2.20. The van der Waals surface area contributed by atoms with Gasteiger partial charge in [-0.15, -0.1) is 0 Å². The number of allylic oxidation sites excluding steroid dienone is 1. The highest BCUT2D eigenvalue weighted by Gasteiger charge is 2.35. The van der Waals surface area contributed by atoms with Crippen LogP contribution < -0.4 is 0 Å². The molecule has 6 N–H and O–H groups in total. The molecule has 100 valence electrons. The molecule has 0 aromatic rings. The molecule has 0 rings (SSSR count). The lowest BCUT2D eigenvalue weighted by Gasteiger charge is -2.24. The van der Waals surface area contributed by atoms with Crippen molar-refractivity contribution >= 4 is 5.97 Å². The first-order valence-electron chi connectivity index (χ1n) is 5.17. The predicted molar refractivity (Wildman–Crippen MR) is 57.3 cm³/mol. The number of rotatable bonds is 7. The molecule has 7 nitrogen and oxygen atoms in total. The molecule has 7 heteroatoms. The van der Waals surface area contributed by atoms with Gasteiger partial charge >= 0.3 is 5.97 Å². The van der Waals surface area contributed by atoms with Gasteiger partial charge in [0.25, 0.3) is 0 Å². The highest BCUT2D eigenvalue weighted by atomic mass is 16.4. The van der Waals surface area contributed by atoms with E-state index in [1.807, 2.05) is 6.92 Å². The fourth-order valence-electron chi connectivity index (χ4n) is 1.11. The highest BCUT2D eigenvalue weighted by Crippen LogP contribution is 2.12. The Hall–Kier alpha value is -1.15. The summed E-state index contributed by atoms with van der Waals surface area (Å²) in [5, 5.41) is 54.6. The van der Waals surface area contributed by atoms with Gasteiger partial charge in [-0.3, -0.25) is 0 Å². The lowest BCUT2D eigenvalue weighted by Crippen LogP contribution is -2.48. The van der Waals surface area contributed by atoms with E-state index in [1.165, 1.54) is 6.08 Å². The zero-order valence-electron chi connectivity index (χ0n) is 9.39. The van der Waals surface area contributed by atoms with Crippen molar-refractivity contribution in [3.05, 3.63) is 11.8 Å². The fourth-order valence-corrected chi connectivity index (χ4v) is 1.11. The molecule has 0 aliphatic heterocycles. The van der Waals surface area contributed by atoms with Gasteiger partial charge in [0.05, 0.1) is 0 Å². The molecule has 0 saturated heterocycles. The van der Waals surface area contributed by atoms with Crippen molar-refractivity contribution in [1.82, 2.24) is 0 Å². The lowest BCUT2D eigenvalue weighted by atomic mass is 10.0. The Morgan fingerprint density at radius 1 is 1.06 bits per heavy atom. The number of carboxylic acids is 1. The van der Waals surface area contributed by atoms with Gasteiger partial charge in [-0.25, -0.2) is 4.79 Å². The summed E-state index contributed by atoms with van der Waals surface area (Å²) in [7, 11) is 0. The van der Waals surface area contributed by atoms with Gasteiger partial charge < -0.3 is 30.6 Å². The van der Waals surface area contributed by atoms with Crippen LogP contribution in [0.3, 0.4) is 0 Å². The first kappa shape index (κ1) is 15.9. The molecule has 4 atom stereocenters. The fraction of sp³-hybridized carbons (Fsp3) is 0.700. The summed E-state index contributed by atoms with van der Waals surface area (Å²) in [4.78, 5) is 10.3. The van der Waals surface area contributed by atoms with Crippen molar-refractivity contribution in [1.29, 1.82) is 0 Å². The smallest absolute Gasteiger partial charge is 0.335 e. The average Bonchev–Trinajstić information content (AvgIpc) is 2.31. The van der Waals surface area contributed by atoms with E-state index in [2.05, 4.69) is 0 Å². The molecule has 0 radical (unpaired) electrons. The molecule has 17 heavy (non-hydrogen) atoms. The number of hydrogen-bond acceptors (Lipinski definition) is 6. The zero-order chi connectivity index (χ0) is 13.6. The Morgan fingerprint density at radius 2 is 1.53 bits per heavy atom. The number of aliphatic carboxylic acids is 1. The number of carbonyl (C=O) groups is 1. The molecule has 0 heterocycles. The average molecular weight is 250 g/mol. The summed E-state index contributed by atoms with van der Waals surface area (Å²) in [5.74, 6) is -2.31. The Kier molecular flexibility index (Phi) is 6.74. The van der Waals surface area contributed by atoms with Crippen LogP contribution >= 0.6 is 0 Å². The largest absolute Gasteiger partial charge is 0.510 e. The van der Waals surface area contributed by atoms with Crippen LogP contribution in [-0.2, 0) is 4.79 Å². The van der Waals surface area contributed by atoms with Gasteiger partial charge in [-0.2, -0.15) is 0 Å². The quantitative estimate of drug-likeness (QED) is 0.310. The molecule has 0 aliphatic carbocycles. The molecule has 0 spiro atoms. The zero-order valence-corrected chi connectivity index (χ0v) is 9.39. The molecule has 0 fully saturated rings. The molecule has 0 saturated carbocycles. The summed E-state index contributed by atoms with van der Waals surface area (Å²) in [6.45, 7) is 1.83. The van der Waals surface area contributed by atoms with Crippen molar-refractivity contribution in [2.24, 2.45) is 0 Å². The van der Waals surface area contributed by atoms with E-state index in [0.717, 1.165) is 0 Å². The summed E-state index contributed by atoms with van der Waals surface area (Å²) in [6.07, 6.45) is -5.77. The summed E-state index contributed by atoms with van der Waals surface area (Å²) >= 11 is 0. The van der Waals surface area contributed by atoms with E-state index in [-0.39, 0.29) is 0 Å². The minimum absolute atomic E-state index is 0.452. The molecule has 0 unspecified atom stereocenters. The van der Waals surface area contributed by atoms with Crippen molar-refractivity contribution in [3.8, 4) is 0 Å². The number of hydrogen-bond donors (Lipinski definition) is 6. The minimum atomic E-state index is -2.24. The Bertz CT molecular complexity index is 276. The van der Waals surface area contributed by atoms with Crippen LogP contribution in [0.5, 0.6) is 0 Å². The molecular formula is C10H18O7. The third kappa shape index (κ3) is 4.70. The van der Waals surface area contributed by atoms with E-state index in [4.69, 9.17) is 10.2 Å². The van der Waals surface area contributed by atoms with Crippen LogP contribution in [0.15, 0.2) is 11.8 Å². The van der Waals surface area contributed by atoms with Gasteiger partial charge in [-0.1, -0.05) is 13.3 Å². The van der Waals surface area contributed by atoms with E-state index >= 15 is 0 Å². The van der Waals surface area contributed by atoms with Gasteiger partial charge in [0.15, 0.2) is 6.10 Å². The predicted octanol–water partition coefficient (Wildman–Crippen LogP) is -1.24. The molecule has 0 bridgehead atoms. The van der Waals surface area contributed by atoms with Crippen LogP contribution in [0.25, 0.3) is 0 Å². The highest BCUT2D eigenvalue weighted by molar-refractivity contribution is 5.72. The molecule has 0 aliphatic rings. The summed E-state index contributed by atoms with van der Waals surface area (Å²) < 4.78 is 0. The number of aliphatic hydroxyl groups excluding tert-OH is 5. The first-order valence-corrected chi connectivity index (χ1v) is 5.17. The second-order valence-corrected chi connectivity index (χ2v) is 3.63. The van der Waals surface area contributed by atoms with Crippen LogP contribution in [0.1, 0.15) is 19.8 Å². The normalized spacial score (nSPS) is 19.5. The maximum atomic E-state index is 10.3. The van der Waals surface area contributed by atoms with Crippen molar-refractivity contribution in [3.63, 3.8) is 0 Å². The Balaban J connectivity index is 4.58. The standard InChI is InChI=1S/C10H18O7/c1-2-3-4-5(11)6(12)7(13)8(14)9(15)10(16)17/h4,6-9,11-15H,2-3H2,1H3,(H,16,17)/t6-,7+,8+,9+/m1/s1.